The normalized spacial score (nSPS) is 16.1. The molecule has 1 aromatic carbocycles. The van der Waals surface area contributed by atoms with Crippen LogP contribution in [-0.2, 0) is 19.6 Å². The molecule has 1 atom stereocenters. The Balaban J connectivity index is 1.52. The summed E-state index contributed by atoms with van der Waals surface area (Å²) < 4.78 is 53.4. The number of carbonyl (C=O) groups excluding carboxylic acids is 1. The molecule has 0 spiro atoms. The van der Waals surface area contributed by atoms with Crippen molar-refractivity contribution in [3.63, 3.8) is 0 Å². The Kier molecular flexibility index (Phi) is 5.46. The Morgan fingerprint density at radius 3 is 2.61 bits per heavy atom. The van der Waals surface area contributed by atoms with Gasteiger partial charge in [-0.05, 0) is 50.5 Å². The molecule has 2 amide bonds. The third-order valence-corrected chi connectivity index (χ3v) is 6.39. The first-order chi connectivity index (χ1) is 14.6. The molecule has 2 aromatic heterocycles. The fraction of sp³-hybridized carbons (Fsp3) is 0.350. The van der Waals surface area contributed by atoms with Crippen molar-refractivity contribution >= 4 is 23.2 Å². The van der Waals surface area contributed by atoms with Crippen LogP contribution in [0.4, 0.5) is 28.2 Å². The molecule has 0 bridgehead atoms. The third kappa shape index (κ3) is 4.27. The average Bonchev–Trinajstić information content (AvgIpc) is 3.25. The minimum absolute atomic E-state index is 0.0165. The van der Waals surface area contributed by atoms with E-state index in [0.29, 0.717) is 6.42 Å². The number of rotatable bonds is 3. The summed E-state index contributed by atoms with van der Waals surface area (Å²) >= 11 is 1.42. The molecule has 6 nitrogen and oxygen atoms in total. The Morgan fingerprint density at radius 2 is 1.97 bits per heavy atom. The summed E-state index contributed by atoms with van der Waals surface area (Å²) in [5.74, 6) is -0.349. The monoisotopic (exact) mass is 453 g/mol. The van der Waals surface area contributed by atoms with Crippen LogP contribution in [0.5, 0.6) is 0 Å². The van der Waals surface area contributed by atoms with E-state index in [-0.39, 0.29) is 23.2 Å². The van der Waals surface area contributed by atoms with Crippen molar-refractivity contribution < 1.29 is 22.4 Å². The highest BCUT2D eigenvalue weighted by molar-refractivity contribution is 7.15. The maximum atomic E-state index is 13.2. The topological polar surface area (TPSA) is 71.8 Å². The first-order valence-electron chi connectivity index (χ1n) is 9.57. The van der Waals surface area contributed by atoms with E-state index < -0.39 is 17.9 Å². The zero-order chi connectivity index (χ0) is 22.3. The van der Waals surface area contributed by atoms with Gasteiger partial charge in [0.25, 0.3) is 0 Å². The predicted molar refractivity (Wildman–Crippen MR) is 108 cm³/mol. The molecule has 0 aliphatic heterocycles. The largest absolute Gasteiger partial charge is 0.435 e. The van der Waals surface area contributed by atoms with Gasteiger partial charge >= 0.3 is 12.2 Å². The summed E-state index contributed by atoms with van der Waals surface area (Å²) in [6.45, 7) is 1.27. The summed E-state index contributed by atoms with van der Waals surface area (Å²) in [5.41, 5.74) is 0.480. The lowest BCUT2D eigenvalue weighted by atomic mass is 9.98. The van der Waals surface area contributed by atoms with Crippen LogP contribution in [0.2, 0.25) is 0 Å². The molecule has 0 fully saturated rings. The van der Waals surface area contributed by atoms with Crippen LogP contribution in [0.25, 0.3) is 10.6 Å². The Hall–Kier alpha value is -2.95. The highest BCUT2D eigenvalue weighted by Crippen LogP contribution is 2.38. The zero-order valence-electron chi connectivity index (χ0n) is 16.7. The van der Waals surface area contributed by atoms with Gasteiger partial charge < -0.3 is 5.32 Å². The summed E-state index contributed by atoms with van der Waals surface area (Å²) in [4.78, 5) is 18.1. The molecular formula is C20H19F4N5OS. The summed E-state index contributed by atoms with van der Waals surface area (Å²) in [5, 5.41) is 9.53. The molecule has 4 rings (SSSR count). The Labute approximate surface area is 179 Å². The zero-order valence-corrected chi connectivity index (χ0v) is 17.5. The van der Waals surface area contributed by atoms with Crippen LogP contribution in [0.3, 0.4) is 0 Å². The second-order valence-corrected chi connectivity index (χ2v) is 8.35. The van der Waals surface area contributed by atoms with Crippen molar-refractivity contribution in [2.24, 2.45) is 7.05 Å². The quantitative estimate of drug-likeness (QED) is 0.535. The number of urea groups is 1. The van der Waals surface area contributed by atoms with Crippen LogP contribution in [-0.4, -0.2) is 20.8 Å². The van der Waals surface area contributed by atoms with Gasteiger partial charge in [-0.2, -0.15) is 18.3 Å². The van der Waals surface area contributed by atoms with Crippen molar-refractivity contribution in [3.8, 4) is 10.6 Å². The van der Waals surface area contributed by atoms with E-state index in [1.54, 1.807) is 12.1 Å². The van der Waals surface area contributed by atoms with E-state index >= 15 is 0 Å². The lowest BCUT2D eigenvalue weighted by Gasteiger charge is -2.22. The lowest BCUT2D eigenvalue weighted by Crippen LogP contribution is -2.34. The maximum Gasteiger partial charge on any atom is 0.435 e. The van der Waals surface area contributed by atoms with Gasteiger partial charge in [-0.1, -0.05) is 0 Å². The number of nitrogens with zero attached hydrogens (tertiary/aromatic N) is 3. The van der Waals surface area contributed by atoms with Crippen molar-refractivity contribution in [1.82, 2.24) is 20.1 Å². The molecule has 0 saturated carbocycles. The molecule has 0 saturated heterocycles. The van der Waals surface area contributed by atoms with Crippen molar-refractivity contribution in [2.45, 2.75) is 38.4 Å². The summed E-state index contributed by atoms with van der Waals surface area (Å²) in [7, 11) is 1.34. The van der Waals surface area contributed by atoms with Gasteiger partial charge in [0.05, 0.1) is 16.6 Å². The number of anilines is 1. The van der Waals surface area contributed by atoms with Gasteiger partial charge in [-0.3, -0.25) is 10.00 Å². The Morgan fingerprint density at radius 1 is 1.26 bits per heavy atom. The van der Waals surface area contributed by atoms with Crippen LogP contribution < -0.4 is 10.6 Å². The van der Waals surface area contributed by atoms with E-state index in [4.69, 9.17) is 0 Å². The minimum atomic E-state index is -4.60. The second kappa shape index (κ2) is 7.95. The number of hydrogen-bond donors (Lipinski definition) is 2. The van der Waals surface area contributed by atoms with Crippen LogP contribution in [0, 0.1) is 12.7 Å². The van der Waals surface area contributed by atoms with Crippen molar-refractivity contribution in [2.75, 3.05) is 5.32 Å². The minimum Gasteiger partial charge on any atom is -0.330 e. The van der Waals surface area contributed by atoms with Gasteiger partial charge in [-0.25, -0.2) is 14.2 Å². The molecular weight excluding hydrogens is 434 g/mol. The number of carbonyl (C=O) groups is 1. The molecule has 3 aromatic rings. The number of halogens is 4. The summed E-state index contributed by atoms with van der Waals surface area (Å²) in [6.07, 6.45) is -2.34. The molecule has 1 aliphatic rings. The van der Waals surface area contributed by atoms with Gasteiger partial charge in [-0.15, -0.1) is 11.3 Å². The first-order valence-corrected chi connectivity index (χ1v) is 10.4. The van der Waals surface area contributed by atoms with Gasteiger partial charge in [0.15, 0.2) is 5.69 Å². The molecule has 1 unspecified atom stereocenters. The Bertz CT molecular complexity index is 1120. The standard InChI is InChI=1S/C20H19F4N5OS/c1-10-16(20(22,23)24)28-29(2)17(10)27-19(30)26-14-5-3-4-13-15(14)31-18(25-13)11-6-8-12(21)9-7-11/h6-9,14H,3-5H2,1-2H3,(H2,26,27,30). The second-order valence-electron chi connectivity index (χ2n) is 7.32. The lowest BCUT2D eigenvalue weighted by molar-refractivity contribution is -0.141. The number of fused-ring (bicyclic) bond motifs is 1. The number of amides is 2. The number of hydrogen-bond acceptors (Lipinski definition) is 4. The molecule has 2 N–H and O–H groups in total. The number of aryl methyl sites for hydroxylation is 2. The molecule has 1 aliphatic carbocycles. The van der Waals surface area contributed by atoms with E-state index in [9.17, 15) is 22.4 Å². The smallest absolute Gasteiger partial charge is 0.330 e. The number of benzene rings is 1. The van der Waals surface area contributed by atoms with Crippen LogP contribution >= 0.6 is 11.3 Å². The fourth-order valence-corrected chi connectivity index (χ4v) is 4.85. The highest BCUT2D eigenvalue weighted by atomic mass is 32.1. The SMILES string of the molecule is Cc1c(C(F)(F)F)nn(C)c1NC(=O)NC1CCCc2nc(-c3ccc(F)cc3)sc21. The number of aromatic nitrogens is 3. The third-order valence-electron chi connectivity index (χ3n) is 5.13. The number of thiazole rings is 1. The van der Waals surface area contributed by atoms with Crippen molar-refractivity contribution in [1.29, 1.82) is 0 Å². The molecule has 31 heavy (non-hydrogen) atoms. The van der Waals surface area contributed by atoms with Crippen LogP contribution in [0.1, 0.15) is 40.7 Å². The van der Waals surface area contributed by atoms with E-state index in [1.807, 2.05) is 0 Å². The molecule has 11 heteroatoms. The van der Waals surface area contributed by atoms with E-state index in [0.717, 1.165) is 38.7 Å². The van der Waals surface area contributed by atoms with Gasteiger partial charge in [0.2, 0.25) is 0 Å². The highest BCUT2D eigenvalue weighted by Gasteiger charge is 2.38. The first kappa shape index (κ1) is 21.3. The van der Waals surface area contributed by atoms with Gasteiger partial charge in [0, 0.05) is 18.2 Å². The van der Waals surface area contributed by atoms with Crippen molar-refractivity contribution in [3.05, 3.63) is 51.9 Å². The fourth-order valence-electron chi connectivity index (χ4n) is 3.65. The van der Waals surface area contributed by atoms with Crippen LogP contribution in [0.15, 0.2) is 24.3 Å². The number of nitrogens with one attached hydrogen (secondary N) is 2. The molecule has 164 valence electrons. The molecule has 0 radical (unpaired) electrons. The predicted octanol–water partition coefficient (Wildman–Crippen LogP) is 5.21. The average molecular weight is 453 g/mol. The summed E-state index contributed by atoms with van der Waals surface area (Å²) in [6, 6.07) is 5.10. The number of alkyl halides is 3. The maximum absolute atomic E-state index is 13.2. The van der Waals surface area contributed by atoms with E-state index in [2.05, 4.69) is 20.7 Å². The molecule has 2 heterocycles. The van der Waals surface area contributed by atoms with E-state index in [1.165, 1.54) is 37.4 Å². The van der Waals surface area contributed by atoms with Gasteiger partial charge in [0.1, 0.15) is 16.6 Å².